The summed E-state index contributed by atoms with van der Waals surface area (Å²) < 4.78 is 0. The van der Waals surface area contributed by atoms with Crippen molar-refractivity contribution >= 4 is 23.1 Å². The number of carbonyl (C=O) groups excluding carboxylic acids is 4. The summed E-state index contributed by atoms with van der Waals surface area (Å²) in [5, 5.41) is 0. The molecule has 0 radical (unpaired) electrons. The molecule has 4 nitrogen and oxygen atoms in total. The Morgan fingerprint density at radius 3 is 2.17 bits per heavy atom. The zero-order valence-electron chi connectivity index (χ0n) is 23.5. The van der Waals surface area contributed by atoms with Crippen LogP contribution in [0.25, 0.3) is 0 Å². The fraction of sp³-hybridized carbons (Fsp3) is 0.562. The molecular weight excluding hydrogens is 448 g/mol. The molecule has 0 unspecified atom stereocenters. The molecule has 3 aliphatic carbocycles. The summed E-state index contributed by atoms with van der Waals surface area (Å²) in [5.41, 5.74) is 6.25. The maximum atomic E-state index is 14.4. The van der Waals surface area contributed by atoms with Gasteiger partial charge in [-0.3, -0.25) is 14.4 Å². The Morgan fingerprint density at radius 1 is 0.972 bits per heavy atom. The van der Waals surface area contributed by atoms with Gasteiger partial charge in [-0.2, -0.15) is 0 Å². The summed E-state index contributed by atoms with van der Waals surface area (Å²) in [4.78, 5) is 52.6. The summed E-state index contributed by atoms with van der Waals surface area (Å²) in [6.45, 7) is 17.4. The normalized spacial score (nSPS) is 29.7. The van der Waals surface area contributed by atoms with E-state index in [2.05, 4.69) is 26.8 Å². The van der Waals surface area contributed by atoms with Gasteiger partial charge in [0.05, 0.1) is 11.0 Å². The van der Waals surface area contributed by atoms with Crippen molar-refractivity contribution in [2.75, 3.05) is 0 Å². The largest absolute Gasteiger partial charge is 0.300 e. The first kappa shape index (κ1) is 26.4. The van der Waals surface area contributed by atoms with E-state index in [9.17, 15) is 19.2 Å². The highest BCUT2D eigenvalue weighted by Gasteiger charge is 2.63. The van der Waals surface area contributed by atoms with Crippen LogP contribution in [0, 0.1) is 23.2 Å². The first-order valence-electron chi connectivity index (χ1n) is 13.3. The average Bonchev–Trinajstić information content (AvgIpc) is 2.75. The van der Waals surface area contributed by atoms with Crippen LogP contribution in [-0.2, 0) is 33.6 Å². The van der Waals surface area contributed by atoms with Gasteiger partial charge in [-0.15, -0.1) is 0 Å². The Labute approximate surface area is 215 Å². The van der Waals surface area contributed by atoms with Gasteiger partial charge in [-0.25, -0.2) is 0 Å². The van der Waals surface area contributed by atoms with Gasteiger partial charge in [0.25, 0.3) is 0 Å². The number of ketones is 4. The third-order valence-electron chi connectivity index (χ3n) is 9.87. The Balaban J connectivity index is 1.98. The summed E-state index contributed by atoms with van der Waals surface area (Å²) in [7, 11) is 0. The number of allylic oxidation sites excluding steroid dienone is 4. The number of rotatable bonds is 5. The number of Topliss-reactive ketones (excluding diaryl/α,β-unsaturated/α-hetero) is 4. The maximum Gasteiger partial charge on any atom is 0.190 e. The van der Waals surface area contributed by atoms with Crippen LogP contribution in [0.4, 0.5) is 0 Å². The molecule has 1 aromatic rings. The molecule has 0 N–H and O–H groups in total. The van der Waals surface area contributed by atoms with E-state index < -0.39 is 5.41 Å². The van der Waals surface area contributed by atoms with E-state index in [1.807, 2.05) is 27.7 Å². The lowest BCUT2D eigenvalue weighted by Crippen LogP contribution is -2.57. The van der Waals surface area contributed by atoms with E-state index >= 15 is 0 Å². The fourth-order valence-electron chi connectivity index (χ4n) is 8.00. The maximum absolute atomic E-state index is 14.4. The lowest BCUT2D eigenvalue weighted by molar-refractivity contribution is -0.134. The average molecular weight is 489 g/mol. The number of aryl methyl sites for hydroxylation is 2. The van der Waals surface area contributed by atoms with Crippen LogP contribution in [0.3, 0.4) is 0 Å². The van der Waals surface area contributed by atoms with Gasteiger partial charge in [0.15, 0.2) is 17.3 Å². The molecule has 4 rings (SSSR count). The summed E-state index contributed by atoms with van der Waals surface area (Å²) in [5.74, 6) is -0.152. The lowest BCUT2D eigenvalue weighted by atomic mass is 9.42. The molecule has 0 amide bonds. The van der Waals surface area contributed by atoms with Gasteiger partial charge in [0, 0.05) is 23.0 Å². The van der Waals surface area contributed by atoms with Gasteiger partial charge < -0.3 is 4.79 Å². The number of hydrogen-bond acceptors (Lipinski definition) is 4. The number of hydrogen-bond donors (Lipinski definition) is 0. The molecule has 1 aromatic carbocycles. The van der Waals surface area contributed by atoms with Crippen LogP contribution in [0.1, 0.15) is 107 Å². The highest BCUT2D eigenvalue weighted by molar-refractivity contribution is 6.24. The number of benzene rings is 1. The predicted octanol–water partition coefficient (Wildman–Crippen LogP) is 6.44. The topological polar surface area (TPSA) is 68.3 Å². The smallest absolute Gasteiger partial charge is 0.190 e. The van der Waals surface area contributed by atoms with Gasteiger partial charge >= 0.3 is 0 Å². The van der Waals surface area contributed by atoms with E-state index in [1.54, 1.807) is 6.92 Å². The summed E-state index contributed by atoms with van der Waals surface area (Å²) in [6, 6.07) is 2.21. The fourth-order valence-corrected chi connectivity index (χ4v) is 8.00. The molecule has 0 saturated carbocycles. The van der Waals surface area contributed by atoms with E-state index in [1.165, 1.54) is 12.5 Å². The monoisotopic (exact) mass is 488 g/mol. The minimum Gasteiger partial charge on any atom is -0.300 e. The molecule has 0 fully saturated rings. The zero-order valence-corrected chi connectivity index (χ0v) is 23.5. The van der Waals surface area contributed by atoms with E-state index in [0.717, 1.165) is 58.2 Å². The second kappa shape index (κ2) is 8.46. The molecule has 192 valence electrons. The van der Waals surface area contributed by atoms with E-state index in [4.69, 9.17) is 0 Å². The van der Waals surface area contributed by atoms with Crippen molar-refractivity contribution in [2.45, 2.75) is 101 Å². The lowest BCUT2D eigenvalue weighted by Gasteiger charge is -2.59. The van der Waals surface area contributed by atoms with Gasteiger partial charge in [-0.1, -0.05) is 38.0 Å². The van der Waals surface area contributed by atoms with E-state index in [0.29, 0.717) is 24.8 Å². The van der Waals surface area contributed by atoms with E-state index in [-0.39, 0.29) is 34.0 Å². The predicted molar refractivity (Wildman–Crippen MR) is 142 cm³/mol. The molecule has 0 aromatic heterocycles. The van der Waals surface area contributed by atoms with Crippen LogP contribution in [0.5, 0.6) is 0 Å². The molecule has 0 bridgehead atoms. The quantitative estimate of drug-likeness (QED) is 0.448. The van der Waals surface area contributed by atoms with Crippen LogP contribution >= 0.6 is 0 Å². The molecule has 3 atom stereocenters. The molecule has 4 heteroatoms. The van der Waals surface area contributed by atoms with Crippen molar-refractivity contribution in [1.82, 2.24) is 0 Å². The Morgan fingerprint density at radius 2 is 1.61 bits per heavy atom. The SMILES string of the molecule is CCc1cc(CCC(C)=O)c(C)c2c1C[C@@]1(C)C[C@@]3(C)CC(C)=C(C(C)=O)C(=O)[C@@]3(C)C(C)=C1C2=O. The molecule has 0 aliphatic heterocycles. The van der Waals surface area contributed by atoms with Crippen LogP contribution < -0.4 is 0 Å². The molecule has 0 saturated heterocycles. The van der Waals surface area contributed by atoms with Crippen LogP contribution in [0.2, 0.25) is 0 Å². The van der Waals surface area contributed by atoms with Crippen LogP contribution in [0.15, 0.2) is 28.4 Å². The van der Waals surface area contributed by atoms with Crippen LogP contribution in [-0.4, -0.2) is 23.1 Å². The van der Waals surface area contributed by atoms with Gasteiger partial charge in [-0.05, 0) is 101 Å². The van der Waals surface area contributed by atoms with Crippen molar-refractivity contribution < 1.29 is 19.2 Å². The Kier molecular flexibility index (Phi) is 6.22. The van der Waals surface area contributed by atoms with Crippen molar-refractivity contribution in [3.05, 3.63) is 56.2 Å². The third kappa shape index (κ3) is 3.47. The second-order valence-corrected chi connectivity index (χ2v) is 12.4. The molecule has 0 heterocycles. The second-order valence-electron chi connectivity index (χ2n) is 12.4. The molecular formula is C32H40O4. The highest BCUT2D eigenvalue weighted by Crippen LogP contribution is 2.66. The van der Waals surface area contributed by atoms with Crippen molar-refractivity contribution in [3.8, 4) is 0 Å². The summed E-state index contributed by atoms with van der Waals surface area (Å²) in [6.07, 6.45) is 4.07. The Hall–Kier alpha value is -2.62. The van der Waals surface area contributed by atoms with Crippen molar-refractivity contribution in [1.29, 1.82) is 0 Å². The molecule has 3 aliphatic rings. The third-order valence-corrected chi connectivity index (χ3v) is 9.87. The number of carbonyl (C=O) groups is 4. The minimum atomic E-state index is -0.900. The first-order chi connectivity index (χ1) is 16.6. The molecule has 0 spiro atoms. The van der Waals surface area contributed by atoms with Gasteiger partial charge in [0.1, 0.15) is 5.78 Å². The van der Waals surface area contributed by atoms with Crippen molar-refractivity contribution in [3.63, 3.8) is 0 Å². The van der Waals surface area contributed by atoms with Gasteiger partial charge in [0.2, 0.25) is 0 Å². The first-order valence-corrected chi connectivity index (χ1v) is 13.3. The molecule has 36 heavy (non-hydrogen) atoms. The number of fused-ring (bicyclic) bond motifs is 3. The standard InChI is InChI=1S/C32H40O4/c1-10-22-13-23(12-11-18(3)33)19(4)26-24(22)15-30(7)16-31(8)14-17(2)25(21(6)34)29(36)32(31,9)20(5)27(30)28(26)35/h13H,10-12,14-16H2,1-9H3/t30-,31+,32+/m0/s1. The minimum absolute atomic E-state index is 0.0276. The highest BCUT2D eigenvalue weighted by atomic mass is 16.2. The Bertz CT molecular complexity index is 1310. The zero-order chi connectivity index (χ0) is 27.0. The van der Waals surface area contributed by atoms with Crippen molar-refractivity contribution in [2.24, 2.45) is 16.2 Å². The summed E-state index contributed by atoms with van der Waals surface area (Å²) >= 11 is 0.